The Labute approximate surface area is 193 Å². The van der Waals surface area contributed by atoms with E-state index in [1.807, 2.05) is 18.2 Å². The van der Waals surface area contributed by atoms with E-state index in [-0.39, 0.29) is 10.3 Å². The van der Waals surface area contributed by atoms with Gasteiger partial charge >= 0.3 is 0 Å². The van der Waals surface area contributed by atoms with Gasteiger partial charge in [0.05, 0.1) is 6.54 Å². The molecule has 3 heterocycles. The van der Waals surface area contributed by atoms with Crippen LogP contribution in [0.5, 0.6) is 5.75 Å². The minimum Gasteiger partial charge on any atom is -0.491 e. The number of hydrogen-bond acceptors (Lipinski definition) is 7. The van der Waals surface area contributed by atoms with Gasteiger partial charge in [0.15, 0.2) is 0 Å². The number of hydrogen-bond donors (Lipinski definition) is 1. The number of anilines is 1. The summed E-state index contributed by atoms with van der Waals surface area (Å²) in [7, 11) is -3.83. The molecule has 0 radical (unpaired) electrons. The van der Waals surface area contributed by atoms with Crippen LogP contribution in [0.3, 0.4) is 0 Å². The Kier molecular flexibility index (Phi) is 5.33. The number of primary sulfonamides is 1. The quantitative estimate of drug-likeness (QED) is 0.633. The van der Waals surface area contributed by atoms with E-state index in [0.29, 0.717) is 18.7 Å². The molecule has 2 aromatic heterocycles. The van der Waals surface area contributed by atoms with Crippen molar-refractivity contribution in [2.45, 2.75) is 44.6 Å². The maximum absolute atomic E-state index is 11.8. The normalized spacial score (nSPS) is 17.5. The number of pyridine rings is 1. The number of ether oxygens (including phenoxy) is 1. The number of aromatic nitrogens is 3. The van der Waals surface area contributed by atoms with Crippen molar-refractivity contribution >= 4 is 15.8 Å². The first-order chi connectivity index (χ1) is 15.7. The average molecular weight is 466 g/mol. The molecular weight excluding hydrogens is 438 g/mol. The summed E-state index contributed by atoms with van der Waals surface area (Å²) in [5.74, 6) is 1.80. The topological polar surface area (TPSA) is 111 Å². The van der Waals surface area contributed by atoms with Gasteiger partial charge in [-0.2, -0.15) is 0 Å². The highest BCUT2D eigenvalue weighted by Gasteiger charge is 2.30. The molecule has 0 bridgehead atoms. The molecule has 172 valence electrons. The van der Waals surface area contributed by atoms with Crippen LogP contribution in [-0.2, 0) is 29.4 Å². The van der Waals surface area contributed by atoms with Gasteiger partial charge in [-0.1, -0.05) is 19.9 Å². The lowest BCUT2D eigenvalue weighted by atomic mass is 9.76. The van der Waals surface area contributed by atoms with Crippen LogP contribution in [0.25, 0.3) is 11.1 Å². The zero-order valence-electron chi connectivity index (χ0n) is 18.8. The van der Waals surface area contributed by atoms with Gasteiger partial charge in [-0.25, -0.2) is 23.5 Å². The predicted molar refractivity (Wildman–Crippen MR) is 125 cm³/mol. The Morgan fingerprint density at radius 1 is 1.12 bits per heavy atom. The SMILES string of the molecule is CC1(C)CCc2ncnc(N3CCOc4ccc(-c5cncc(S(N)(=O)=O)c5)cc4C3)c2C1. The van der Waals surface area contributed by atoms with E-state index in [4.69, 9.17) is 9.88 Å². The van der Waals surface area contributed by atoms with E-state index in [9.17, 15) is 8.42 Å². The van der Waals surface area contributed by atoms with Gasteiger partial charge < -0.3 is 9.64 Å². The van der Waals surface area contributed by atoms with Crippen molar-refractivity contribution in [3.8, 4) is 16.9 Å². The average Bonchev–Trinajstić information content (AvgIpc) is 2.99. The third kappa shape index (κ3) is 4.43. The second-order valence-corrected chi connectivity index (χ2v) is 11.1. The molecule has 33 heavy (non-hydrogen) atoms. The van der Waals surface area contributed by atoms with Crippen molar-refractivity contribution in [1.29, 1.82) is 0 Å². The lowest BCUT2D eigenvalue weighted by Gasteiger charge is -2.33. The minimum atomic E-state index is -3.83. The van der Waals surface area contributed by atoms with Gasteiger partial charge in [0.2, 0.25) is 10.0 Å². The lowest BCUT2D eigenvalue weighted by molar-refractivity contribution is 0.310. The van der Waals surface area contributed by atoms with Crippen LogP contribution in [0.4, 0.5) is 5.82 Å². The van der Waals surface area contributed by atoms with Crippen molar-refractivity contribution in [2.75, 3.05) is 18.1 Å². The molecule has 0 amide bonds. The van der Waals surface area contributed by atoms with E-state index in [1.54, 1.807) is 18.6 Å². The maximum Gasteiger partial charge on any atom is 0.239 e. The molecule has 0 spiro atoms. The van der Waals surface area contributed by atoms with Gasteiger partial charge in [0.1, 0.15) is 29.4 Å². The highest BCUT2D eigenvalue weighted by atomic mass is 32.2. The summed E-state index contributed by atoms with van der Waals surface area (Å²) >= 11 is 0. The van der Waals surface area contributed by atoms with Crippen LogP contribution < -0.4 is 14.8 Å². The zero-order chi connectivity index (χ0) is 23.2. The van der Waals surface area contributed by atoms with E-state index in [0.717, 1.165) is 54.2 Å². The van der Waals surface area contributed by atoms with E-state index >= 15 is 0 Å². The van der Waals surface area contributed by atoms with Crippen molar-refractivity contribution in [3.63, 3.8) is 0 Å². The highest BCUT2D eigenvalue weighted by Crippen LogP contribution is 2.38. The highest BCUT2D eigenvalue weighted by molar-refractivity contribution is 7.89. The molecule has 2 N–H and O–H groups in total. The Hall–Kier alpha value is -3.04. The van der Waals surface area contributed by atoms with Crippen molar-refractivity contribution in [1.82, 2.24) is 15.0 Å². The van der Waals surface area contributed by atoms with Gasteiger partial charge in [-0.15, -0.1) is 0 Å². The molecule has 8 nitrogen and oxygen atoms in total. The summed E-state index contributed by atoms with van der Waals surface area (Å²) in [6.45, 7) is 6.50. The third-order valence-electron chi connectivity index (χ3n) is 6.42. The number of aryl methyl sites for hydroxylation is 1. The van der Waals surface area contributed by atoms with Crippen molar-refractivity contribution in [3.05, 3.63) is 59.8 Å². The fourth-order valence-corrected chi connectivity index (χ4v) is 5.12. The summed E-state index contributed by atoms with van der Waals surface area (Å²) in [6.07, 6.45) is 7.60. The first-order valence-corrected chi connectivity index (χ1v) is 12.6. The first kappa shape index (κ1) is 21.8. The molecule has 2 aliphatic rings. The number of sulfonamides is 1. The molecule has 1 aromatic carbocycles. The Bertz CT molecular complexity index is 1320. The molecule has 0 atom stereocenters. The van der Waals surface area contributed by atoms with Crippen LogP contribution in [0, 0.1) is 5.41 Å². The summed E-state index contributed by atoms with van der Waals surface area (Å²) in [6, 6.07) is 7.40. The van der Waals surface area contributed by atoms with E-state index in [1.165, 1.54) is 11.8 Å². The number of rotatable bonds is 3. The van der Waals surface area contributed by atoms with Crippen molar-refractivity contribution in [2.24, 2.45) is 10.6 Å². The molecule has 1 aliphatic carbocycles. The summed E-state index contributed by atoms with van der Waals surface area (Å²) < 4.78 is 29.6. The Morgan fingerprint density at radius 2 is 1.97 bits per heavy atom. The Balaban J connectivity index is 1.51. The first-order valence-electron chi connectivity index (χ1n) is 11.0. The summed E-state index contributed by atoms with van der Waals surface area (Å²) in [4.78, 5) is 15.6. The van der Waals surface area contributed by atoms with Crippen LogP contribution in [0.15, 0.2) is 47.9 Å². The maximum atomic E-state index is 11.8. The van der Waals surface area contributed by atoms with Crippen molar-refractivity contribution < 1.29 is 13.2 Å². The zero-order valence-corrected chi connectivity index (χ0v) is 19.6. The van der Waals surface area contributed by atoms with Crippen LogP contribution >= 0.6 is 0 Å². The molecule has 3 aromatic rings. The lowest BCUT2D eigenvalue weighted by Crippen LogP contribution is -2.31. The van der Waals surface area contributed by atoms with Crippen LogP contribution in [0.1, 0.15) is 37.1 Å². The fraction of sp³-hybridized carbons (Fsp3) is 0.375. The standard InChI is InChI=1S/C24H27N5O3S/c1-24(2)6-5-21-20(11-24)23(28-15-27-21)29-7-8-32-22-4-3-16(9-18(22)14-29)17-10-19(13-26-12-17)33(25,30)31/h3-4,9-10,12-13,15H,5-8,11,14H2,1-2H3,(H2,25,30,31). The number of nitrogens with zero attached hydrogens (tertiary/aromatic N) is 4. The molecular formula is C24H27N5O3S. The Morgan fingerprint density at radius 3 is 2.79 bits per heavy atom. The van der Waals surface area contributed by atoms with Gasteiger partial charge in [-0.05, 0) is 48.4 Å². The second kappa shape index (κ2) is 8.07. The van der Waals surface area contributed by atoms with E-state index in [2.05, 4.69) is 33.7 Å². The smallest absolute Gasteiger partial charge is 0.239 e. The predicted octanol–water partition coefficient (Wildman–Crippen LogP) is 3.10. The molecule has 1 aliphatic heterocycles. The molecule has 0 unspecified atom stereocenters. The largest absolute Gasteiger partial charge is 0.491 e. The minimum absolute atomic E-state index is 0.0111. The number of fused-ring (bicyclic) bond motifs is 2. The van der Waals surface area contributed by atoms with Crippen LogP contribution in [-0.4, -0.2) is 36.5 Å². The molecule has 5 rings (SSSR count). The van der Waals surface area contributed by atoms with Crippen LogP contribution in [0.2, 0.25) is 0 Å². The summed E-state index contributed by atoms with van der Waals surface area (Å²) in [5, 5.41) is 5.29. The number of nitrogens with two attached hydrogens (primary N) is 1. The molecule has 0 saturated heterocycles. The van der Waals surface area contributed by atoms with Gasteiger partial charge in [0.25, 0.3) is 0 Å². The van der Waals surface area contributed by atoms with E-state index < -0.39 is 10.0 Å². The van der Waals surface area contributed by atoms with Gasteiger partial charge in [-0.3, -0.25) is 4.98 Å². The molecule has 0 saturated carbocycles. The second-order valence-electron chi connectivity index (χ2n) is 9.51. The summed E-state index contributed by atoms with van der Waals surface area (Å²) in [5.41, 5.74) is 5.14. The van der Waals surface area contributed by atoms with Gasteiger partial charge in [0, 0.05) is 41.3 Å². The third-order valence-corrected chi connectivity index (χ3v) is 7.30. The monoisotopic (exact) mass is 465 g/mol. The fourth-order valence-electron chi connectivity index (χ4n) is 4.62. The molecule has 0 fully saturated rings. The molecule has 9 heteroatoms. The number of benzene rings is 1.